The average molecular weight is 262 g/mol. The number of hydrogen-bond donors (Lipinski definition) is 2. The molecule has 0 spiro atoms. The molecule has 2 rings (SSSR count). The van der Waals surface area contributed by atoms with Gasteiger partial charge in [0.05, 0.1) is 0 Å². The molecule has 0 bridgehead atoms. The van der Waals surface area contributed by atoms with Crippen molar-refractivity contribution in [3.05, 3.63) is 47.1 Å². The maximum Gasteiger partial charge on any atom is 0.127 e. The van der Waals surface area contributed by atoms with Crippen LogP contribution in [0.3, 0.4) is 0 Å². The minimum absolute atomic E-state index is 0.726. The number of nitrogens with one attached hydrogen (secondary N) is 2. The number of pyridine rings is 1. The van der Waals surface area contributed by atoms with E-state index in [0.29, 0.717) is 0 Å². The van der Waals surface area contributed by atoms with Crippen molar-refractivity contribution in [2.45, 2.75) is 13.8 Å². The van der Waals surface area contributed by atoms with Crippen molar-refractivity contribution in [2.24, 2.45) is 0 Å². The van der Waals surface area contributed by atoms with E-state index in [1.54, 1.807) is 6.20 Å². The summed E-state index contributed by atoms with van der Waals surface area (Å²) in [7, 11) is 0. The molecule has 0 aliphatic rings. The fourth-order valence-corrected chi connectivity index (χ4v) is 1.84. The highest BCUT2D eigenvalue weighted by molar-refractivity contribution is 6.30. The fourth-order valence-electron chi connectivity index (χ4n) is 1.67. The normalized spacial score (nSPS) is 10.2. The molecule has 0 saturated carbocycles. The summed E-state index contributed by atoms with van der Waals surface area (Å²) in [6.07, 6.45) is 1.78. The lowest BCUT2D eigenvalue weighted by molar-refractivity contribution is 1.16. The highest BCUT2D eigenvalue weighted by Gasteiger charge is 2.01. The number of anilines is 3. The summed E-state index contributed by atoms with van der Waals surface area (Å²) < 4.78 is 0. The van der Waals surface area contributed by atoms with Gasteiger partial charge in [0.15, 0.2) is 0 Å². The summed E-state index contributed by atoms with van der Waals surface area (Å²) in [6, 6.07) is 9.71. The van der Waals surface area contributed by atoms with Crippen molar-refractivity contribution < 1.29 is 0 Å². The number of halogens is 1. The maximum atomic E-state index is 6.00. The summed E-state index contributed by atoms with van der Waals surface area (Å²) in [6.45, 7) is 4.95. The van der Waals surface area contributed by atoms with Crippen LogP contribution in [0.25, 0.3) is 0 Å². The summed E-state index contributed by atoms with van der Waals surface area (Å²) >= 11 is 6.00. The molecule has 94 valence electrons. The van der Waals surface area contributed by atoms with E-state index in [0.717, 1.165) is 34.3 Å². The van der Waals surface area contributed by atoms with Gasteiger partial charge in [0, 0.05) is 35.2 Å². The first-order valence-corrected chi connectivity index (χ1v) is 6.30. The van der Waals surface area contributed by atoms with E-state index in [1.807, 2.05) is 44.2 Å². The molecule has 18 heavy (non-hydrogen) atoms. The summed E-state index contributed by atoms with van der Waals surface area (Å²) in [5.74, 6) is 0.863. The Hall–Kier alpha value is -1.74. The molecule has 0 aliphatic heterocycles. The molecule has 0 saturated heterocycles. The molecule has 1 aromatic carbocycles. The first-order chi connectivity index (χ1) is 8.69. The zero-order chi connectivity index (χ0) is 13.0. The van der Waals surface area contributed by atoms with Gasteiger partial charge >= 0.3 is 0 Å². The van der Waals surface area contributed by atoms with Gasteiger partial charge in [-0.05, 0) is 37.6 Å². The highest BCUT2D eigenvalue weighted by atomic mass is 35.5. The van der Waals surface area contributed by atoms with Crippen LogP contribution in [-0.4, -0.2) is 11.5 Å². The van der Waals surface area contributed by atoms with E-state index in [2.05, 4.69) is 15.6 Å². The third-order valence-electron chi connectivity index (χ3n) is 2.60. The molecule has 1 aromatic heterocycles. The van der Waals surface area contributed by atoms with Gasteiger partial charge in [0.2, 0.25) is 0 Å². The lowest BCUT2D eigenvalue weighted by Gasteiger charge is -2.11. The molecule has 4 heteroatoms. The molecule has 1 heterocycles. The number of rotatable bonds is 4. The Labute approximate surface area is 112 Å². The molecule has 0 amide bonds. The first-order valence-electron chi connectivity index (χ1n) is 5.92. The SMILES string of the molecule is CCNc1cc(Nc2cc(Cl)ccc2C)ccn1. The first kappa shape index (κ1) is 12.7. The van der Waals surface area contributed by atoms with E-state index in [9.17, 15) is 0 Å². The topological polar surface area (TPSA) is 37.0 Å². The second-order valence-electron chi connectivity index (χ2n) is 4.04. The zero-order valence-electron chi connectivity index (χ0n) is 10.5. The minimum Gasteiger partial charge on any atom is -0.370 e. The van der Waals surface area contributed by atoms with Gasteiger partial charge in [-0.1, -0.05) is 17.7 Å². The Bertz CT molecular complexity index is 540. The zero-order valence-corrected chi connectivity index (χ0v) is 11.3. The van der Waals surface area contributed by atoms with Gasteiger partial charge in [-0.2, -0.15) is 0 Å². The lowest BCUT2D eigenvalue weighted by Crippen LogP contribution is -2.00. The van der Waals surface area contributed by atoms with Crippen molar-refractivity contribution >= 4 is 28.8 Å². The molecule has 2 N–H and O–H groups in total. The van der Waals surface area contributed by atoms with E-state index in [1.165, 1.54) is 0 Å². The predicted octanol–water partition coefficient (Wildman–Crippen LogP) is 4.22. The Balaban J connectivity index is 2.22. The Morgan fingerprint density at radius 1 is 1.22 bits per heavy atom. The highest BCUT2D eigenvalue weighted by Crippen LogP contribution is 2.24. The largest absolute Gasteiger partial charge is 0.370 e. The standard InChI is InChI=1S/C14H16ClN3/c1-3-16-14-9-12(6-7-17-14)18-13-8-11(15)5-4-10(13)2/h4-9H,3H2,1-2H3,(H2,16,17,18). The van der Waals surface area contributed by atoms with Crippen LogP contribution < -0.4 is 10.6 Å². The summed E-state index contributed by atoms with van der Waals surface area (Å²) in [5, 5.41) is 7.26. The number of benzene rings is 1. The second kappa shape index (κ2) is 5.74. The average Bonchev–Trinajstić information content (AvgIpc) is 2.35. The van der Waals surface area contributed by atoms with Crippen LogP contribution in [0, 0.1) is 6.92 Å². The van der Waals surface area contributed by atoms with Gasteiger partial charge in [0.25, 0.3) is 0 Å². The van der Waals surface area contributed by atoms with Gasteiger partial charge in [-0.25, -0.2) is 4.98 Å². The Morgan fingerprint density at radius 3 is 2.83 bits per heavy atom. The van der Waals surface area contributed by atoms with Crippen molar-refractivity contribution in [1.82, 2.24) is 4.98 Å². The van der Waals surface area contributed by atoms with E-state index in [-0.39, 0.29) is 0 Å². The smallest absolute Gasteiger partial charge is 0.127 e. The van der Waals surface area contributed by atoms with Crippen molar-refractivity contribution in [3.63, 3.8) is 0 Å². The van der Waals surface area contributed by atoms with E-state index >= 15 is 0 Å². The van der Waals surface area contributed by atoms with Crippen LogP contribution in [0.15, 0.2) is 36.5 Å². The van der Waals surface area contributed by atoms with Crippen molar-refractivity contribution in [3.8, 4) is 0 Å². The van der Waals surface area contributed by atoms with Gasteiger partial charge in [-0.15, -0.1) is 0 Å². The third kappa shape index (κ3) is 3.14. The monoisotopic (exact) mass is 261 g/mol. The number of aryl methyl sites for hydroxylation is 1. The molecule has 0 radical (unpaired) electrons. The van der Waals surface area contributed by atoms with Crippen LogP contribution in [0.1, 0.15) is 12.5 Å². The lowest BCUT2D eigenvalue weighted by atomic mass is 10.2. The Kier molecular flexibility index (Phi) is 4.05. The van der Waals surface area contributed by atoms with Gasteiger partial charge < -0.3 is 10.6 Å². The predicted molar refractivity (Wildman–Crippen MR) is 77.9 cm³/mol. The van der Waals surface area contributed by atoms with E-state index in [4.69, 9.17) is 11.6 Å². The number of hydrogen-bond acceptors (Lipinski definition) is 3. The molecule has 0 unspecified atom stereocenters. The number of aromatic nitrogens is 1. The number of nitrogens with zero attached hydrogens (tertiary/aromatic N) is 1. The van der Waals surface area contributed by atoms with Crippen LogP contribution in [0.4, 0.5) is 17.2 Å². The van der Waals surface area contributed by atoms with Crippen molar-refractivity contribution in [1.29, 1.82) is 0 Å². The molecule has 2 aromatic rings. The summed E-state index contributed by atoms with van der Waals surface area (Å²) in [4.78, 5) is 4.23. The van der Waals surface area contributed by atoms with Crippen LogP contribution in [0.5, 0.6) is 0 Å². The quantitative estimate of drug-likeness (QED) is 0.865. The third-order valence-corrected chi connectivity index (χ3v) is 2.83. The van der Waals surface area contributed by atoms with E-state index < -0.39 is 0 Å². The molecule has 0 atom stereocenters. The molecular formula is C14H16ClN3. The Morgan fingerprint density at radius 2 is 2.06 bits per heavy atom. The van der Waals surface area contributed by atoms with Gasteiger partial charge in [-0.3, -0.25) is 0 Å². The van der Waals surface area contributed by atoms with Crippen LogP contribution in [-0.2, 0) is 0 Å². The summed E-state index contributed by atoms with van der Waals surface area (Å²) in [5.41, 5.74) is 3.16. The molecule has 0 aliphatic carbocycles. The fraction of sp³-hybridized carbons (Fsp3) is 0.214. The van der Waals surface area contributed by atoms with Crippen LogP contribution in [0.2, 0.25) is 5.02 Å². The second-order valence-corrected chi connectivity index (χ2v) is 4.48. The maximum absolute atomic E-state index is 6.00. The minimum atomic E-state index is 0.726. The molecular weight excluding hydrogens is 246 g/mol. The molecule has 0 fully saturated rings. The molecule has 3 nitrogen and oxygen atoms in total. The van der Waals surface area contributed by atoms with Crippen LogP contribution >= 0.6 is 11.6 Å². The van der Waals surface area contributed by atoms with Gasteiger partial charge in [0.1, 0.15) is 5.82 Å². The van der Waals surface area contributed by atoms with Crippen molar-refractivity contribution in [2.75, 3.05) is 17.2 Å².